The molecular formula is C11H19N3O4S2. The van der Waals surface area contributed by atoms with Gasteiger partial charge in [0.1, 0.15) is 5.56 Å². The molecule has 1 aromatic rings. The first kappa shape index (κ1) is 17.0. The maximum atomic E-state index is 12.2. The molecule has 1 heterocycles. The molecule has 0 amide bonds. The normalized spacial score (nSPS) is 13.2. The van der Waals surface area contributed by atoms with E-state index in [1.54, 1.807) is 25.6 Å². The second kappa shape index (κ2) is 7.65. The van der Waals surface area contributed by atoms with E-state index in [9.17, 15) is 13.2 Å². The number of hydrogen-bond donors (Lipinski definition) is 2. The number of hydrogen-bond acceptors (Lipinski definition) is 6. The Morgan fingerprint density at radius 3 is 2.85 bits per heavy atom. The average molecular weight is 321 g/mol. The molecule has 2 N–H and O–H groups in total. The lowest BCUT2D eigenvalue weighted by Crippen LogP contribution is -2.35. The van der Waals surface area contributed by atoms with Crippen LogP contribution in [0.3, 0.4) is 0 Å². The number of thioether (sulfide) groups is 1. The fraction of sp³-hybridized carbons (Fsp3) is 0.636. The van der Waals surface area contributed by atoms with Crippen molar-refractivity contribution in [3.05, 3.63) is 11.8 Å². The van der Waals surface area contributed by atoms with Crippen LogP contribution in [0.5, 0.6) is 0 Å². The lowest BCUT2D eigenvalue weighted by molar-refractivity contribution is 0.0522. The predicted molar refractivity (Wildman–Crippen MR) is 77.3 cm³/mol. The first-order valence-corrected chi connectivity index (χ1v) is 8.86. The number of rotatable bonds is 8. The Bertz CT molecular complexity index is 542. The van der Waals surface area contributed by atoms with Gasteiger partial charge in [0.2, 0.25) is 0 Å². The van der Waals surface area contributed by atoms with Crippen LogP contribution in [-0.2, 0) is 14.8 Å². The van der Waals surface area contributed by atoms with Crippen molar-refractivity contribution in [3.63, 3.8) is 0 Å². The lowest BCUT2D eigenvalue weighted by atomic mass is 10.4. The molecule has 0 saturated heterocycles. The summed E-state index contributed by atoms with van der Waals surface area (Å²) in [5, 5.41) is 5.69. The first-order chi connectivity index (χ1) is 9.42. The van der Waals surface area contributed by atoms with Crippen LogP contribution in [0, 0.1) is 0 Å². The van der Waals surface area contributed by atoms with E-state index in [-0.39, 0.29) is 23.2 Å². The maximum absolute atomic E-state index is 12.2. The van der Waals surface area contributed by atoms with Gasteiger partial charge in [-0.2, -0.15) is 16.9 Å². The molecule has 0 aliphatic heterocycles. The Kier molecular flexibility index (Phi) is 6.50. The van der Waals surface area contributed by atoms with Crippen molar-refractivity contribution >= 4 is 27.8 Å². The van der Waals surface area contributed by atoms with Gasteiger partial charge in [0.25, 0.3) is 10.0 Å². The third-order valence-corrected chi connectivity index (χ3v) is 5.00. The number of carbonyl (C=O) groups excluding carboxylic acids is 1. The van der Waals surface area contributed by atoms with Crippen molar-refractivity contribution in [1.82, 2.24) is 14.9 Å². The Morgan fingerprint density at radius 1 is 1.55 bits per heavy atom. The van der Waals surface area contributed by atoms with Crippen LogP contribution in [0.1, 0.15) is 31.1 Å². The van der Waals surface area contributed by atoms with E-state index in [1.165, 1.54) is 0 Å². The highest BCUT2D eigenvalue weighted by Crippen LogP contribution is 2.14. The summed E-state index contributed by atoms with van der Waals surface area (Å²) in [5.74, 6) is 0.847. The van der Waals surface area contributed by atoms with Gasteiger partial charge >= 0.3 is 5.97 Å². The van der Waals surface area contributed by atoms with E-state index >= 15 is 0 Å². The lowest BCUT2D eigenvalue weighted by Gasteiger charge is -2.13. The highest BCUT2D eigenvalue weighted by molar-refractivity contribution is 7.99. The SMILES string of the molecule is CCOC(=O)c1cn[nH]c1S(=O)(=O)NC(C)CSCC. The fourth-order valence-corrected chi connectivity index (χ4v) is 3.59. The zero-order valence-corrected chi connectivity index (χ0v) is 13.3. The van der Waals surface area contributed by atoms with Gasteiger partial charge in [-0.05, 0) is 19.6 Å². The molecule has 0 aliphatic rings. The number of carbonyl (C=O) groups is 1. The largest absolute Gasteiger partial charge is 0.462 e. The third kappa shape index (κ3) is 4.50. The van der Waals surface area contributed by atoms with Crippen molar-refractivity contribution < 1.29 is 17.9 Å². The van der Waals surface area contributed by atoms with Crippen LogP contribution in [0.25, 0.3) is 0 Å². The Labute approximate surface area is 122 Å². The van der Waals surface area contributed by atoms with Gasteiger partial charge in [0.15, 0.2) is 5.03 Å². The number of ether oxygens (including phenoxy) is 1. The van der Waals surface area contributed by atoms with Gasteiger partial charge in [0, 0.05) is 11.8 Å². The number of nitrogens with zero attached hydrogens (tertiary/aromatic N) is 1. The van der Waals surface area contributed by atoms with Gasteiger partial charge in [-0.15, -0.1) is 0 Å². The summed E-state index contributed by atoms with van der Waals surface area (Å²) >= 11 is 1.63. The molecule has 0 aliphatic carbocycles. The van der Waals surface area contributed by atoms with E-state index < -0.39 is 16.0 Å². The molecule has 1 atom stereocenters. The predicted octanol–water partition coefficient (Wildman–Crippen LogP) is 1.01. The second-order valence-electron chi connectivity index (χ2n) is 4.02. The summed E-state index contributed by atoms with van der Waals surface area (Å²) in [6.45, 7) is 5.58. The summed E-state index contributed by atoms with van der Waals surface area (Å²) < 4.78 is 31.7. The second-order valence-corrected chi connectivity index (χ2v) is 6.98. The maximum Gasteiger partial charge on any atom is 0.342 e. The minimum atomic E-state index is -3.82. The zero-order valence-electron chi connectivity index (χ0n) is 11.7. The molecular weight excluding hydrogens is 302 g/mol. The van der Waals surface area contributed by atoms with Gasteiger partial charge in [-0.25, -0.2) is 17.9 Å². The molecule has 0 fully saturated rings. The Morgan fingerprint density at radius 2 is 2.25 bits per heavy atom. The zero-order chi connectivity index (χ0) is 15.2. The van der Waals surface area contributed by atoms with Crippen molar-refractivity contribution in [1.29, 1.82) is 0 Å². The monoisotopic (exact) mass is 321 g/mol. The van der Waals surface area contributed by atoms with Crippen LogP contribution in [0.15, 0.2) is 11.2 Å². The van der Waals surface area contributed by atoms with Gasteiger partial charge < -0.3 is 4.74 Å². The van der Waals surface area contributed by atoms with E-state index in [4.69, 9.17) is 4.74 Å². The van der Waals surface area contributed by atoms with Crippen LogP contribution in [0.2, 0.25) is 0 Å². The number of esters is 1. The smallest absolute Gasteiger partial charge is 0.342 e. The number of aromatic amines is 1. The number of H-pyrrole nitrogens is 1. The first-order valence-electron chi connectivity index (χ1n) is 6.22. The fourth-order valence-electron chi connectivity index (χ4n) is 1.49. The molecule has 1 unspecified atom stereocenters. The quantitative estimate of drug-likeness (QED) is 0.693. The Balaban J connectivity index is 2.88. The van der Waals surface area contributed by atoms with Crippen molar-refractivity contribution in [3.8, 4) is 0 Å². The van der Waals surface area contributed by atoms with Crippen molar-refractivity contribution in [2.24, 2.45) is 0 Å². The van der Waals surface area contributed by atoms with Gasteiger partial charge in [-0.3, -0.25) is 5.10 Å². The highest BCUT2D eigenvalue weighted by Gasteiger charge is 2.27. The number of aromatic nitrogens is 2. The molecule has 9 heteroatoms. The summed E-state index contributed by atoms with van der Waals surface area (Å²) in [5.41, 5.74) is -0.0882. The van der Waals surface area contributed by atoms with Crippen molar-refractivity contribution in [2.75, 3.05) is 18.1 Å². The molecule has 0 bridgehead atoms. The van der Waals surface area contributed by atoms with Crippen LogP contribution in [-0.4, -0.2) is 48.7 Å². The molecule has 0 aromatic carbocycles. The van der Waals surface area contributed by atoms with Crippen molar-refractivity contribution in [2.45, 2.75) is 31.8 Å². The average Bonchev–Trinajstić information content (AvgIpc) is 2.86. The third-order valence-electron chi connectivity index (χ3n) is 2.30. The van der Waals surface area contributed by atoms with E-state index in [2.05, 4.69) is 14.9 Å². The minimum absolute atomic E-state index is 0.0882. The molecule has 114 valence electrons. The summed E-state index contributed by atoms with van der Waals surface area (Å²) in [4.78, 5) is 11.7. The topological polar surface area (TPSA) is 101 Å². The van der Waals surface area contributed by atoms with Gasteiger partial charge in [0.05, 0.1) is 12.8 Å². The molecule has 1 rings (SSSR count). The number of sulfonamides is 1. The summed E-state index contributed by atoms with van der Waals surface area (Å²) in [7, 11) is -3.82. The van der Waals surface area contributed by atoms with Crippen LogP contribution < -0.4 is 4.72 Å². The van der Waals surface area contributed by atoms with Crippen LogP contribution >= 0.6 is 11.8 Å². The minimum Gasteiger partial charge on any atom is -0.462 e. The molecule has 20 heavy (non-hydrogen) atoms. The molecule has 0 saturated carbocycles. The van der Waals surface area contributed by atoms with E-state index in [1.807, 2.05) is 6.92 Å². The van der Waals surface area contributed by atoms with E-state index in [0.717, 1.165) is 11.9 Å². The molecule has 0 spiro atoms. The molecule has 0 radical (unpaired) electrons. The standard InChI is InChI=1S/C11H19N3O4S2/c1-4-18-11(15)9-6-12-13-10(9)20(16,17)14-8(3)7-19-5-2/h6,8,14H,4-5,7H2,1-3H3,(H,12,13). The van der Waals surface area contributed by atoms with E-state index in [0.29, 0.717) is 5.75 Å². The molecule has 1 aromatic heterocycles. The highest BCUT2D eigenvalue weighted by atomic mass is 32.2. The van der Waals surface area contributed by atoms with Crippen LogP contribution in [0.4, 0.5) is 0 Å². The summed E-state index contributed by atoms with van der Waals surface area (Å²) in [6, 6.07) is -0.247. The molecule has 7 nitrogen and oxygen atoms in total. The Hall–Kier alpha value is -1.06. The summed E-state index contributed by atoms with van der Waals surface area (Å²) in [6.07, 6.45) is 1.15. The van der Waals surface area contributed by atoms with Gasteiger partial charge in [-0.1, -0.05) is 6.92 Å². The number of nitrogens with one attached hydrogen (secondary N) is 2.